The van der Waals surface area contributed by atoms with Crippen molar-refractivity contribution >= 4 is 32.4 Å². The summed E-state index contributed by atoms with van der Waals surface area (Å²) in [7, 11) is -4.29. The van der Waals surface area contributed by atoms with E-state index in [1.165, 1.54) is 6.92 Å². The van der Waals surface area contributed by atoms with Crippen LogP contribution in [0.25, 0.3) is 11.3 Å². The Morgan fingerprint density at radius 1 is 1.04 bits per heavy atom. The van der Waals surface area contributed by atoms with Crippen LogP contribution >= 0.6 is 7.60 Å². The molecule has 1 aromatic carbocycles. The van der Waals surface area contributed by atoms with Crippen LogP contribution in [0.15, 0.2) is 48.5 Å². The third-order valence-corrected chi connectivity index (χ3v) is 10.4. The van der Waals surface area contributed by atoms with E-state index in [9.17, 15) is 44.1 Å². The molecule has 2 aliphatic rings. The van der Waals surface area contributed by atoms with E-state index >= 15 is 0 Å². The number of nitrogens with zero attached hydrogens (tertiary/aromatic N) is 2. The average molecular weight is 751 g/mol. The maximum absolute atomic E-state index is 13.6. The quantitative estimate of drug-likeness (QED) is 0.0429. The van der Waals surface area contributed by atoms with E-state index in [2.05, 4.69) is 20.7 Å². The number of nitrogens with one attached hydrogen (secondary N) is 3. The van der Waals surface area contributed by atoms with Crippen LogP contribution in [0.2, 0.25) is 0 Å². The Balaban J connectivity index is 1.31. The first-order valence-corrected chi connectivity index (χ1v) is 18.8. The summed E-state index contributed by atoms with van der Waals surface area (Å²) in [5, 5.41) is 35.7. The predicted molar refractivity (Wildman–Crippen MR) is 187 cm³/mol. The summed E-state index contributed by atoms with van der Waals surface area (Å²) in [4.78, 5) is 60.5. The van der Waals surface area contributed by atoms with Gasteiger partial charge >= 0.3 is 20.6 Å². The molecule has 0 spiro atoms. The van der Waals surface area contributed by atoms with Crippen LogP contribution in [0.5, 0.6) is 0 Å². The maximum atomic E-state index is 13.6. The van der Waals surface area contributed by atoms with E-state index in [1.54, 1.807) is 23.7 Å². The van der Waals surface area contributed by atoms with E-state index in [-0.39, 0.29) is 25.7 Å². The van der Waals surface area contributed by atoms with Gasteiger partial charge in [0.25, 0.3) is 5.69 Å². The summed E-state index contributed by atoms with van der Waals surface area (Å²) >= 11 is 0. The molecule has 2 aromatic rings. The number of aromatic nitrogens is 1. The Kier molecular flexibility index (Phi) is 14.5. The summed E-state index contributed by atoms with van der Waals surface area (Å²) in [6.07, 6.45) is -4.84. The van der Waals surface area contributed by atoms with Crippen LogP contribution in [0.4, 0.5) is 0 Å². The summed E-state index contributed by atoms with van der Waals surface area (Å²) < 4.78 is 30.2. The van der Waals surface area contributed by atoms with Crippen LogP contribution in [0, 0.1) is 5.92 Å². The minimum absolute atomic E-state index is 0.0840. The number of aliphatic hydroxyl groups is 3. The highest BCUT2D eigenvalue weighted by Gasteiger charge is 2.64. The highest BCUT2D eigenvalue weighted by atomic mass is 31.2. The summed E-state index contributed by atoms with van der Waals surface area (Å²) in [6.45, 7) is 7.04. The molecule has 0 radical (unpaired) electrons. The van der Waals surface area contributed by atoms with Gasteiger partial charge < -0.3 is 55.1 Å². The number of pyridine rings is 1. The van der Waals surface area contributed by atoms with Crippen molar-refractivity contribution in [2.24, 2.45) is 13.0 Å². The molecule has 0 saturated carbocycles. The van der Waals surface area contributed by atoms with Gasteiger partial charge in [0.1, 0.15) is 13.1 Å². The Hall–Kier alpha value is -3.29. The zero-order valence-corrected chi connectivity index (χ0v) is 30.6. The lowest BCUT2D eigenvalue weighted by atomic mass is 9.73. The molecule has 3 heterocycles. The molecule has 286 valence electrons. The van der Waals surface area contributed by atoms with Gasteiger partial charge in [-0.2, -0.15) is 4.57 Å². The molecule has 0 bridgehead atoms. The van der Waals surface area contributed by atoms with Crippen molar-refractivity contribution in [3.05, 3.63) is 54.2 Å². The minimum atomic E-state index is -5.21. The number of benzene rings is 1. The van der Waals surface area contributed by atoms with Crippen molar-refractivity contribution in [2.45, 2.75) is 69.4 Å². The maximum Gasteiger partial charge on any atom is 0.480 e. The lowest BCUT2D eigenvalue weighted by Crippen LogP contribution is -2.59. The van der Waals surface area contributed by atoms with Crippen molar-refractivity contribution in [1.82, 2.24) is 20.9 Å². The van der Waals surface area contributed by atoms with Crippen LogP contribution < -0.4 is 20.5 Å². The molecular formula is C33H50BN5O12P+. The fourth-order valence-corrected chi connectivity index (χ4v) is 6.89. The number of carbonyl (C=O) groups excluding carboxylic acids is 3. The second-order valence-electron chi connectivity index (χ2n) is 13.5. The van der Waals surface area contributed by atoms with Crippen LogP contribution in [0.1, 0.15) is 44.1 Å². The number of ether oxygens (including phenoxy) is 1. The number of amides is 3. The molecule has 2 saturated heterocycles. The van der Waals surface area contributed by atoms with Crippen molar-refractivity contribution in [1.29, 1.82) is 0 Å². The smallest absolute Gasteiger partial charge is 0.408 e. The van der Waals surface area contributed by atoms with Crippen molar-refractivity contribution in [2.75, 3.05) is 39.4 Å². The van der Waals surface area contributed by atoms with Gasteiger partial charge in [-0.05, 0) is 37.5 Å². The molecule has 4 rings (SSSR count). The molecule has 3 unspecified atom stereocenters. The van der Waals surface area contributed by atoms with E-state index in [4.69, 9.17) is 9.31 Å². The van der Waals surface area contributed by atoms with Gasteiger partial charge in [-0.3, -0.25) is 23.8 Å². The van der Waals surface area contributed by atoms with E-state index in [1.807, 2.05) is 55.1 Å². The SMILES string of the molecule is CC(C)C[C@@H](NC(=O)[C@H](NC(=O)c1cccc(-c2ccccc2)[n+]1C)C(C)O)B1OCCN(CCNC(=O)CC(O)(C2O[C@@H]2O)P(=O)(O)O)CCO1. The normalized spacial score (nSPS) is 21.2. The topological polar surface area (TPSA) is 244 Å². The number of rotatable bonds is 16. The Labute approximate surface area is 302 Å². The predicted octanol–water partition coefficient (Wildman–Crippen LogP) is -1.35. The summed E-state index contributed by atoms with van der Waals surface area (Å²) in [5.74, 6) is -2.46. The van der Waals surface area contributed by atoms with Gasteiger partial charge in [-0.1, -0.05) is 32.0 Å². The number of aliphatic hydroxyl groups excluding tert-OH is 2. The number of hydrogen-bond donors (Lipinski definition) is 8. The number of epoxide rings is 1. The first-order valence-electron chi connectivity index (χ1n) is 17.2. The average Bonchev–Trinajstić information content (AvgIpc) is 3.80. The van der Waals surface area contributed by atoms with E-state index in [0.717, 1.165) is 11.3 Å². The van der Waals surface area contributed by atoms with Crippen molar-refractivity contribution in [3.8, 4) is 11.3 Å². The van der Waals surface area contributed by atoms with Crippen molar-refractivity contribution < 1.29 is 62.7 Å². The second kappa shape index (κ2) is 18.2. The lowest BCUT2D eigenvalue weighted by Gasteiger charge is -2.32. The third kappa shape index (κ3) is 10.9. The number of hydrogen-bond acceptors (Lipinski definition) is 11. The van der Waals surface area contributed by atoms with Crippen LogP contribution in [-0.4, -0.2) is 130 Å². The first-order chi connectivity index (χ1) is 24.5. The molecule has 6 atom stereocenters. The van der Waals surface area contributed by atoms with Gasteiger partial charge in [-0.15, -0.1) is 0 Å². The van der Waals surface area contributed by atoms with Crippen LogP contribution in [-0.2, 0) is 35.2 Å². The van der Waals surface area contributed by atoms with Gasteiger partial charge in [0.2, 0.25) is 22.9 Å². The molecule has 2 aliphatic heterocycles. The fourth-order valence-electron chi connectivity index (χ4n) is 6.02. The molecule has 52 heavy (non-hydrogen) atoms. The number of carbonyl (C=O) groups is 3. The first kappa shape index (κ1) is 41.5. The minimum Gasteiger partial charge on any atom is -0.408 e. The molecule has 17 nitrogen and oxygen atoms in total. The van der Waals surface area contributed by atoms with Gasteiger partial charge in [0.05, 0.1) is 18.5 Å². The highest BCUT2D eigenvalue weighted by Crippen LogP contribution is 2.57. The van der Waals surface area contributed by atoms with Crippen LogP contribution in [0.3, 0.4) is 0 Å². The van der Waals surface area contributed by atoms with Gasteiger partial charge in [0, 0.05) is 57.1 Å². The zero-order chi connectivity index (χ0) is 38.2. The summed E-state index contributed by atoms with van der Waals surface area (Å²) in [5.41, 5.74) is 2.00. The molecule has 1 aromatic heterocycles. The standard InChI is InChI=1S/C33H49BN5O12P/c1-21(2)19-26(36-31(43)28(22(3)40)37-30(42)25-12-8-11-24(38(25)4)23-9-6-5-7-10-23)34-49-17-15-39(16-18-50-34)14-13-35-27(41)20-33(45,52(46,47)48)29-32(44)51-29/h5-12,21-22,26,28-29,32,40,44-45H,13-20H2,1-4H3,(H4-,35,36,37,41,42,43,46,47,48)/p+1/t22?,26-,28-,29?,32+,33?/m1/s1. The third-order valence-electron chi connectivity index (χ3n) is 8.94. The highest BCUT2D eigenvalue weighted by molar-refractivity contribution is 7.53. The van der Waals surface area contributed by atoms with Crippen molar-refractivity contribution in [3.63, 3.8) is 0 Å². The molecule has 8 N–H and O–H groups in total. The molecule has 19 heteroatoms. The fraction of sp³-hybridized carbons (Fsp3) is 0.576. The zero-order valence-electron chi connectivity index (χ0n) is 29.8. The van der Waals surface area contributed by atoms with E-state index < -0.39 is 74.7 Å². The second-order valence-corrected chi connectivity index (χ2v) is 15.4. The molecule has 0 aliphatic carbocycles. The Bertz CT molecular complexity index is 1570. The monoisotopic (exact) mass is 750 g/mol. The van der Waals surface area contributed by atoms with Gasteiger partial charge in [0.15, 0.2) is 12.4 Å². The largest absolute Gasteiger partial charge is 0.480 e. The molecule has 3 amide bonds. The Morgan fingerprint density at radius 3 is 2.23 bits per heavy atom. The molecule has 2 fully saturated rings. The Morgan fingerprint density at radius 2 is 1.67 bits per heavy atom. The van der Waals surface area contributed by atoms with E-state index in [0.29, 0.717) is 31.7 Å². The molecular weight excluding hydrogens is 700 g/mol. The lowest BCUT2D eigenvalue weighted by molar-refractivity contribution is -0.662. The van der Waals surface area contributed by atoms with Gasteiger partial charge in [-0.25, -0.2) is 0 Å². The summed E-state index contributed by atoms with van der Waals surface area (Å²) in [6, 6.07) is 13.5.